The number of nitrogens with zero attached hydrogens (tertiary/aromatic N) is 1. The lowest BCUT2D eigenvalue weighted by Gasteiger charge is -2.12. The van der Waals surface area contributed by atoms with Crippen LogP contribution in [0.1, 0.15) is 18.1 Å². The molecule has 0 saturated carbocycles. The Balaban J connectivity index is 1.93. The van der Waals surface area contributed by atoms with E-state index in [9.17, 15) is 9.18 Å². The van der Waals surface area contributed by atoms with E-state index in [0.29, 0.717) is 24.7 Å². The molecule has 0 aromatic heterocycles. The summed E-state index contributed by atoms with van der Waals surface area (Å²) in [5.74, 6) is 0.379. The largest absolute Gasteiger partial charge is 0.453 e. The monoisotopic (exact) mass is 358 g/mol. The molecule has 3 N–H and O–H groups in total. The predicted molar refractivity (Wildman–Crippen MR) is 101 cm³/mol. The SMILES string of the molecule is CCNC(=NCc1cccc(F)c1)NCc1ccc(NC(=O)OC)cc1. The number of hydrogen-bond donors (Lipinski definition) is 3. The average molecular weight is 358 g/mol. The van der Waals surface area contributed by atoms with Crippen molar-refractivity contribution < 1.29 is 13.9 Å². The van der Waals surface area contributed by atoms with E-state index in [1.807, 2.05) is 25.1 Å². The number of halogens is 1. The molecule has 0 spiro atoms. The van der Waals surface area contributed by atoms with E-state index in [0.717, 1.165) is 17.7 Å². The molecule has 2 aromatic carbocycles. The Morgan fingerprint density at radius 2 is 1.88 bits per heavy atom. The fourth-order valence-electron chi connectivity index (χ4n) is 2.21. The highest BCUT2D eigenvalue weighted by Crippen LogP contribution is 2.10. The van der Waals surface area contributed by atoms with E-state index in [1.54, 1.807) is 18.2 Å². The van der Waals surface area contributed by atoms with Crippen LogP contribution in [0.5, 0.6) is 0 Å². The molecule has 0 aliphatic carbocycles. The molecule has 0 atom stereocenters. The number of anilines is 1. The zero-order chi connectivity index (χ0) is 18.8. The number of aliphatic imine (C=N–C) groups is 1. The summed E-state index contributed by atoms with van der Waals surface area (Å²) in [5.41, 5.74) is 2.49. The summed E-state index contributed by atoms with van der Waals surface area (Å²) in [6.45, 7) is 3.65. The van der Waals surface area contributed by atoms with Crippen LogP contribution in [0.25, 0.3) is 0 Å². The number of amides is 1. The van der Waals surface area contributed by atoms with Gasteiger partial charge in [0.25, 0.3) is 0 Å². The zero-order valence-corrected chi connectivity index (χ0v) is 14.9. The number of benzene rings is 2. The lowest BCUT2D eigenvalue weighted by molar-refractivity contribution is 0.187. The van der Waals surface area contributed by atoms with Crippen molar-refractivity contribution in [1.82, 2.24) is 10.6 Å². The van der Waals surface area contributed by atoms with Crippen molar-refractivity contribution in [2.75, 3.05) is 19.0 Å². The van der Waals surface area contributed by atoms with Crippen molar-refractivity contribution in [3.8, 4) is 0 Å². The molecule has 0 aliphatic rings. The van der Waals surface area contributed by atoms with E-state index in [4.69, 9.17) is 0 Å². The van der Waals surface area contributed by atoms with Crippen molar-refractivity contribution in [3.63, 3.8) is 0 Å². The van der Waals surface area contributed by atoms with Crippen LogP contribution in [0.2, 0.25) is 0 Å². The van der Waals surface area contributed by atoms with E-state index < -0.39 is 6.09 Å². The number of nitrogens with one attached hydrogen (secondary N) is 3. The second kappa shape index (κ2) is 10.0. The summed E-state index contributed by atoms with van der Waals surface area (Å²) in [4.78, 5) is 15.6. The third-order valence-corrected chi connectivity index (χ3v) is 3.50. The Kier molecular flexibility index (Phi) is 7.42. The second-order valence-corrected chi connectivity index (χ2v) is 5.49. The van der Waals surface area contributed by atoms with Crippen LogP contribution in [0.4, 0.5) is 14.9 Å². The molecule has 26 heavy (non-hydrogen) atoms. The predicted octanol–water partition coefficient (Wildman–Crippen LogP) is 3.26. The van der Waals surface area contributed by atoms with Crippen molar-refractivity contribution in [2.24, 2.45) is 4.99 Å². The van der Waals surface area contributed by atoms with Crippen molar-refractivity contribution in [1.29, 1.82) is 0 Å². The van der Waals surface area contributed by atoms with Crippen molar-refractivity contribution in [2.45, 2.75) is 20.0 Å². The van der Waals surface area contributed by atoms with E-state index >= 15 is 0 Å². The Labute approximate surface area is 152 Å². The molecule has 0 radical (unpaired) electrons. The number of rotatable bonds is 6. The van der Waals surface area contributed by atoms with Crippen LogP contribution >= 0.6 is 0 Å². The van der Waals surface area contributed by atoms with Gasteiger partial charge in [0.05, 0.1) is 13.7 Å². The van der Waals surface area contributed by atoms with Gasteiger partial charge in [0, 0.05) is 18.8 Å². The number of hydrogen-bond acceptors (Lipinski definition) is 3. The Hall–Kier alpha value is -3.09. The number of carbonyl (C=O) groups is 1. The third-order valence-electron chi connectivity index (χ3n) is 3.50. The van der Waals surface area contributed by atoms with Gasteiger partial charge >= 0.3 is 6.09 Å². The first-order chi connectivity index (χ1) is 12.6. The average Bonchev–Trinajstić information content (AvgIpc) is 2.65. The third kappa shape index (κ3) is 6.43. The highest BCUT2D eigenvalue weighted by Gasteiger charge is 2.02. The number of methoxy groups -OCH3 is 1. The zero-order valence-electron chi connectivity index (χ0n) is 14.9. The molecule has 138 valence electrons. The molecule has 2 rings (SSSR count). The number of ether oxygens (including phenoxy) is 1. The maximum absolute atomic E-state index is 13.2. The van der Waals surface area contributed by atoms with Crippen LogP contribution in [-0.2, 0) is 17.8 Å². The molecule has 0 fully saturated rings. The van der Waals surface area contributed by atoms with Crippen LogP contribution in [0.15, 0.2) is 53.5 Å². The topological polar surface area (TPSA) is 74.8 Å². The van der Waals surface area contributed by atoms with Gasteiger partial charge in [-0.05, 0) is 42.3 Å². The van der Waals surface area contributed by atoms with Gasteiger partial charge in [-0.3, -0.25) is 5.32 Å². The highest BCUT2D eigenvalue weighted by atomic mass is 19.1. The van der Waals surface area contributed by atoms with Crippen molar-refractivity contribution in [3.05, 3.63) is 65.5 Å². The molecular formula is C19H23FN4O2. The summed E-state index contributed by atoms with van der Waals surface area (Å²) in [6.07, 6.45) is -0.505. The maximum atomic E-state index is 13.2. The lowest BCUT2D eigenvalue weighted by atomic mass is 10.2. The molecule has 1 amide bonds. The Morgan fingerprint density at radius 3 is 2.54 bits per heavy atom. The van der Waals surface area contributed by atoms with E-state index in [2.05, 4.69) is 25.7 Å². The fraction of sp³-hybridized carbons (Fsp3) is 0.263. The highest BCUT2D eigenvalue weighted by molar-refractivity contribution is 5.84. The minimum Gasteiger partial charge on any atom is -0.453 e. The molecule has 0 bridgehead atoms. The number of guanidine groups is 1. The number of carbonyl (C=O) groups excluding carboxylic acids is 1. The van der Waals surface area contributed by atoms with Crippen LogP contribution in [0.3, 0.4) is 0 Å². The normalized spacial score (nSPS) is 11.0. The quantitative estimate of drug-likeness (QED) is 0.547. The summed E-state index contributed by atoms with van der Waals surface area (Å²) in [5, 5.41) is 8.98. The molecule has 0 aliphatic heterocycles. The molecule has 0 heterocycles. The van der Waals surface area contributed by atoms with Gasteiger partial charge in [-0.1, -0.05) is 24.3 Å². The lowest BCUT2D eigenvalue weighted by Crippen LogP contribution is -2.36. The first-order valence-corrected chi connectivity index (χ1v) is 8.31. The van der Waals surface area contributed by atoms with Gasteiger partial charge in [-0.25, -0.2) is 14.2 Å². The Bertz CT molecular complexity index is 747. The van der Waals surface area contributed by atoms with Gasteiger partial charge in [-0.2, -0.15) is 0 Å². The molecule has 0 saturated heterocycles. The maximum Gasteiger partial charge on any atom is 0.411 e. The van der Waals surface area contributed by atoms with Crippen LogP contribution < -0.4 is 16.0 Å². The van der Waals surface area contributed by atoms with Crippen LogP contribution in [0, 0.1) is 5.82 Å². The molecule has 2 aromatic rings. The van der Waals surface area contributed by atoms with Gasteiger partial charge in [0.15, 0.2) is 5.96 Å². The van der Waals surface area contributed by atoms with Gasteiger partial charge in [0.2, 0.25) is 0 Å². The summed E-state index contributed by atoms with van der Waals surface area (Å²) >= 11 is 0. The standard InChI is InChI=1S/C19H23FN4O2/c1-3-21-18(23-13-15-5-4-6-16(20)11-15)22-12-14-7-9-17(10-8-14)24-19(25)26-2/h4-11H,3,12-13H2,1-2H3,(H,24,25)(H2,21,22,23). The smallest absolute Gasteiger partial charge is 0.411 e. The minimum atomic E-state index is -0.505. The van der Waals surface area contributed by atoms with E-state index in [-0.39, 0.29) is 5.82 Å². The van der Waals surface area contributed by atoms with Crippen molar-refractivity contribution >= 4 is 17.7 Å². The van der Waals surface area contributed by atoms with Gasteiger partial charge < -0.3 is 15.4 Å². The molecule has 6 nitrogen and oxygen atoms in total. The first kappa shape index (κ1) is 19.2. The first-order valence-electron chi connectivity index (χ1n) is 8.31. The van der Waals surface area contributed by atoms with Crippen LogP contribution in [-0.4, -0.2) is 25.7 Å². The second-order valence-electron chi connectivity index (χ2n) is 5.49. The minimum absolute atomic E-state index is 0.267. The Morgan fingerprint density at radius 1 is 1.12 bits per heavy atom. The van der Waals surface area contributed by atoms with Gasteiger partial charge in [0.1, 0.15) is 5.82 Å². The fourth-order valence-corrected chi connectivity index (χ4v) is 2.21. The molecule has 0 unspecified atom stereocenters. The molecule has 7 heteroatoms. The van der Waals surface area contributed by atoms with Gasteiger partial charge in [-0.15, -0.1) is 0 Å². The van der Waals surface area contributed by atoms with E-state index in [1.165, 1.54) is 19.2 Å². The summed E-state index contributed by atoms with van der Waals surface area (Å²) in [7, 11) is 1.32. The summed E-state index contributed by atoms with van der Waals surface area (Å²) < 4.78 is 17.8. The summed E-state index contributed by atoms with van der Waals surface area (Å²) in [6, 6.07) is 13.8. The molecular weight excluding hydrogens is 335 g/mol.